The Morgan fingerprint density at radius 2 is 1.17 bits per heavy atom. The third-order valence-electron chi connectivity index (χ3n) is 0.782. The molecule has 0 bridgehead atoms. The maximum Gasteiger partial charge on any atom is 3.00 e. The Labute approximate surface area is 78.1 Å². The summed E-state index contributed by atoms with van der Waals surface area (Å²) in [7, 11) is 0. The predicted octanol–water partition coefficient (Wildman–Crippen LogP) is -4.42. The molecular formula is C4H8FeNO6+2. The Morgan fingerprint density at radius 3 is 1.25 bits per heavy atom. The van der Waals surface area contributed by atoms with Crippen molar-refractivity contribution in [3.8, 4) is 0 Å². The number of aliphatic hydroxyl groups excluding tert-OH is 2. The van der Waals surface area contributed by atoms with Gasteiger partial charge < -0.3 is 36.2 Å². The van der Waals surface area contributed by atoms with E-state index in [2.05, 4.69) is 0 Å². The molecule has 1 radical (unpaired) electrons. The maximum atomic E-state index is 9.63. The third-order valence-corrected chi connectivity index (χ3v) is 0.782. The molecule has 0 spiro atoms. The number of quaternary nitrogens is 1. The van der Waals surface area contributed by atoms with Crippen LogP contribution in [0.1, 0.15) is 0 Å². The molecule has 2 atom stereocenters. The molecule has 6 N–H and O–H groups in total. The SMILES string of the molecule is O=C([O-])C(O)C(O)C(=O)[O-].[Fe+3].[NH4+]. The van der Waals surface area contributed by atoms with Crippen molar-refractivity contribution >= 4 is 11.9 Å². The normalized spacial score (nSPS) is 13.2. The fourth-order valence-corrected chi connectivity index (χ4v) is 0.258. The number of rotatable bonds is 3. The fraction of sp³-hybridized carbons (Fsp3) is 0.500. The van der Waals surface area contributed by atoms with E-state index in [0.717, 1.165) is 0 Å². The molecule has 0 aliphatic rings. The van der Waals surface area contributed by atoms with Gasteiger partial charge in [0, 0.05) is 0 Å². The summed E-state index contributed by atoms with van der Waals surface area (Å²) in [5, 5.41) is 35.7. The van der Waals surface area contributed by atoms with Gasteiger partial charge in [-0.2, -0.15) is 0 Å². The minimum absolute atomic E-state index is 0. The van der Waals surface area contributed by atoms with Crippen molar-refractivity contribution in [1.82, 2.24) is 6.15 Å². The fourth-order valence-electron chi connectivity index (χ4n) is 0.258. The van der Waals surface area contributed by atoms with Crippen LogP contribution in [0.2, 0.25) is 0 Å². The summed E-state index contributed by atoms with van der Waals surface area (Å²) in [6.07, 6.45) is -4.88. The molecule has 12 heavy (non-hydrogen) atoms. The molecule has 2 unspecified atom stereocenters. The van der Waals surface area contributed by atoms with Crippen LogP contribution in [0.3, 0.4) is 0 Å². The van der Waals surface area contributed by atoms with Crippen LogP contribution in [0, 0.1) is 0 Å². The van der Waals surface area contributed by atoms with Crippen molar-refractivity contribution in [1.29, 1.82) is 0 Å². The maximum absolute atomic E-state index is 9.63. The predicted molar refractivity (Wildman–Crippen MR) is 28.0 cm³/mol. The smallest absolute Gasteiger partial charge is 0.547 e. The van der Waals surface area contributed by atoms with Gasteiger partial charge in [-0.15, -0.1) is 0 Å². The van der Waals surface area contributed by atoms with E-state index in [1.54, 1.807) is 0 Å². The number of carboxylic acids is 2. The van der Waals surface area contributed by atoms with Crippen molar-refractivity contribution in [2.75, 3.05) is 0 Å². The first-order chi connectivity index (χ1) is 4.46. The first-order valence-corrected chi connectivity index (χ1v) is 2.24. The largest absolute Gasteiger partial charge is 3.00 e. The van der Waals surface area contributed by atoms with E-state index in [1.807, 2.05) is 0 Å². The molecule has 0 amide bonds. The van der Waals surface area contributed by atoms with Gasteiger partial charge in [0.05, 0.1) is 11.9 Å². The molecule has 0 aromatic heterocycles. The number of aliphatic hydroxyl groups is 2. The summed E-state index contributed by atoms with van der Waals surface area (Å²) < 4.78 is 0. The number of carbonyl (C=O) groups excluding carboxylic acids is 2. The molecule has 71 valence electrons. The third kappa shape index (κ3) is 5.05. The van der Waals surface area contributed by atoms with Crippen molar-refractivity contribution < 1.29 is 47.1 Å². The Hall–Kier alpha value is -0.661. The van der Waals surface area contributed by atoms with E-state index in [9.17, 15) is 19.8 Å². The second-order valence-corrected chi connectivity index (χ2v) is 1.53. The topological polar surface area (TPSA) is 157 Å². The quantitative estimate of drug-likeness (QED) is 0.409. The van der Waals surface area contributed by atoms with E-state index in [0.29, 0.717) is 0 Å². The molecule has 0 aromatic carbocycles. The summed E-state index contributed by atoms with van der Waals surface area (Å²) in [6.45, 7) is 0. The van der Waals surface area contributed by atoms with Gasteiger partial charge in [0.2, 0.25) is 0 Å². The molecule has 7 nitrogen and oxygen atoms in total. The van der Waals surface area contributed by atoms with Crippen LogP contribution in [-0.2, 0) is 26.7 Å². The Balaban J connectivity index is -0.000000405. The Bertz CT molecular complexity index is 144. The average molecular weight is 222 g/mol. The second-order valence-electron chi connectivity index (χ2n) is 1.53. The molecule has 0 aliphatic carbocycles. The van der Waals surface area contributed by atoms with Crippen LogP contribution in [0.5, 0.6) is 0 Å². The van der Waals surface area contributed by atoms with Crippen LogP contribution >= 0.6 is 0 Å². The van der Waals surface area contributed by atoms with E-state index >= 15 is 0 Å². The van der Waals surface area contributed by atoms with E-state index < -0.39 is 24.1 Å². The van der Waals surface area contributed by atoms with Crippen molar-refractivity contribution in [2.45, 2.75) is 12.2 Å². The van der Waals surface area contributed by atoms with Gasteiger partial charge in [-0.1, -0.05) is 0 Å². The van der Waals surface area contributed by atoms with Gasteiger partial charge in [0.1, 0.15) is 12.2 Å². The molecule has 8 heteroatoms. The van der Waals surface area contributed by atoms with E-state index in [4.69, 9.17) is 10.2 Å². The summed E-state index contributed by atoms with van der Waals surface area (Å²) in [6, 6.07) is 0. The van der Waals surface area contributed by atoms with E-state index in [1.165, 1.54) is 0 Å². The van der Waals surface area contributed by atoms with Crippen molar-refractivity contribution in [3.63, 3.8) is 0 Å². The van der Waals surface area contributed by atoms with Gasteiger partial charge in [-0.3, -0.25) is 0 Å². The van der Waals surface area contributed by atoms with Crippen LogP contribution < -0.4 is 16.4 Å². The first kappa shape index (κ1) is 17.4. The van der Waals surface area contributed by atoms with Crippen LogP contribution in [0.15, 0.2) is 0 Å². The minimum Gasteiger partial charge on any atom is -0.547 e. The first-order valence-electron chi connectivity index (χ1n) is 2.24. The molecule has 0 aromatic rings. The summed E-state index contributed by atoms with van der Waals surface area (Å²) >= 11 is 0. The molecule has 0 heterocycles. The van der Waals surface area contributed by atoms with Gasteiger partial charge in [-0.05, 0) is 0 Å². The zero-order valence-corrected chi connectivity index (χ0v) is 7.14. The molecule has 0 aliphatic heterocycles. The number of hydrogen-bond acceptors (Lipinski definition) is 6. The molecule has 0 saturated carbocycles. The zero-order chi connectivity index (χ0) is 8.31. The Kier molecular flexibility index (Phi) is 10.2. The van der Waals surface area contributed by atoms with Crippen LogP contribution in [-0.4, -0.2) is 34.4 Å². The Morgan fingerprint density at radius 1 is 1.00 bits per heavy atom. The zero-order valence-electron chi connectivity index (χ0n) is 6.04. The number of hydrogen-bond donors (Lipinski definition) is 3. The summed E-state index contributed by atoms with van der Waals surface area (Å²) in [5.41, 5.74) is 0. The standard InChI is InChI=1S/C4H6O6.Fe.H3N/c5-1(3(7)8)2(6)4(9)10;;/h1-2,5-6H,(H,7,8)(H,9,10);;1H3/q;+3;/p-1. The van der Waals surface area contributed by atoms with E-state index in [-0.39, 0.29) is 23.2 Å². The van der Waals surface area contributed by atoms with Gasteiger partial charge >= 0.3 is 17.1 Å². The number of carbonyl (C=O) groups is 2. The van der Waals surface area contributed by atoms with Crippen LogP contribution in [0.25, 0.3) is 0 Å². The average Bonchev–Trinajstić information content (AvgIpc) is 1.84. The van der Waals surface area contributed by atoms with Gasteiger partial charge in [0.15, 0.2) is 0 Å². The summed E-state index contributed by atoms with van der Waals surface area (Å²) in [5.74, 6) is -4.12. The summed E-state index contributed by atoms with van der Waals surface area (Å²) in [4.78, 5) is 19.3. The molecular weight excluding hydrogens is 214 g/mol. The number of aliphatic carboxylic acids is 2. The molecule has 0 fully saturated rings. The van der Waals surface area contributed by atoms with Gasteiger partial charge in [-0.25, -0.2) is 0 Å². The number of carboxylic acid groups (broad SMARTS) is 2. The monoisotopic (exact) mass is 222 g/mol. The van der Waals surface area contributed by atoms with Crippen LogP contribution in [0.4, 0.5) is 0 Å². The second kappa shape index (κ2) is 7.01. The van der Waals surface area contributed by atoms with Crippen molar-refractivity contribution in [2.24, 2.45) is 0 Å². The van der Waals surface area contributed by atoms with Gasteiger partial charge in [0.25, 0.3) is 0 Å². The van der Waals surface area contributed by atoms with Crippen molar-refractivity contribution in [3.05, 3.63) is 0 Å². The molecule has 0 rings (SSSR count). The molecule has 0 saturated heterocycles. The minimum atomic E-state index is -2.44.